The van der Waals surface area contributed by atoms with E-state index in [2.05, 4.69) is 74.1 Å². The Bertz CT molecular complexity index is 4230. The third-order valence-electron chi connectivity index (χ3n) is 22.6. The number of primary amides is 1. The number of thioether (sulfide) groups is 1. The molecule has 4 saturated heterocycles. The average Bonchev–Trinajstić information content (AvgIpc) is 1.65. The van der Waals surface area contributed by atoms with Gasteiger partial charge in [-0.3, -0.25) is 96.1 Å². The molecule has 4 heterocycles. The lowest BCUT2D eigenvalue weighted by Crippen LogP contribution is -2.62. The second-order valence-electron chi connectivity index (χ2n) is 35.2. The van der Waals surface area contributed by atoms with Crippen LogP contribution >= 0.6 is 11.8 Å². The molecule has 1 aromatic carbocycles. The highest BCUT2D eigenvalue weighted by molar-refractivity contribution is 7.98. The van der Waals surface area contributed by atoms with Crippen molar-refractivity contribution < 1.29 is 111 Å². The van der Waals surface area contributed by atoms with Crippen molar-refractivity contribution in [1.82, 2.24) is 88.7 Å². The van der Waals surface area contributed by atoms with Gasteiger partial charge in [0.15, 0.2) is 5.96 Å². The van der Waals surface area contributed by atoms with Crippen LogP contribution in [0.4, 0.5) is 0 Å². The van der Waals surface area contributed by atoms with E-state index in [-0.39, 0.29) is 113 Å². The number of carboxylic acids is 2. The maximum absolute atomic E-state index is 14.8. The molecule has 1 aromatic rings. The number of aliphatic carboxylic acids is 2. The zero-order chi connectivity index (χ0) is 98.0. The fourth-order valence-corrected chi connectivity index (χ4v) is 16.2. The molecule has 5 rings (SSSR count). The fraction of sp³-hybridized carbons (Fsp3) is 0.682. The minimum Gasteiger partial charge on any atom is -0.481 e. The van der Waals surface area contributed by atoms with E-state index in [9.17, 15) is 111 Å². The fourth-order valence-electron chi connectivity index (χ4n) is 15.7. The summed E-state index contributed by atoms with van der Waals surface area (Å²) < 4.78 is 0. The summed E-state index contributed by atoms with van der Waals surface area (Å²) in [6, 6.07) is -15.1. The molecule has 4 aliphatic rings. The Morgan fingerprint density at radius 3 is 1.40 bits per heavy atom. The summed E-state index contributed by atoms with van der Waals surface area (Å²) in [5.74, 6) is -19.6. The number of guanidine groups is 1. The first kappa shape index (κ1) is 110. The standard InChI is InChI=1S/C85H136N22O23S/c1-43(2)35-53(72(117)93-47(9)68(113)91-41-65(110)92-48(10)69(114)96-54(36-44(3)4)73(118)101-58(84(129)130)39-64(87)109)97-76(121)59(42-108)102-74(119)55(38-50-21-14-13-15-22-50)98-75(120)56(40-66(111)112)99-79(124)67(46(7)8)103-71(116)52(23-16-29-90-85(88)89)95-70(115)49(11)94-77(122)60-24-17-30-104(60)81(126)57(37-45(5)6)100-78(123)61-25-18-31-105(61)82(127)63-27-20-33-107(63)83(128)62-26-19-32-106(62)80(125)51(86)28-34-131-12/h13-15,21-22,43-49,51-63,67,108H,16-20,23-42,86H2,1-12H3,(H2,87,109)(H,91,113)(H,92,110)(H,93,117)(H,94,122)(H,95,115)(H,96,114)(H,97,121)(H,98,120)(H,99,124)(H,100,123)(H,101,118)(H,102,119)(H,103,116)(H,111,112)(H,129,130)(H4,88,89,90)/t47-,48-,49-,51-,52-,53-,54-,55-,56-,57-,58-,59-,60-,61-,62-,63-,67-/m0/s1. The second kappa shape index (κ2) is 53.5. The van der Waals surface area contributed by atoms with Crippen molar-refractivity contribution >= 4 is 136 Å². The van der Waals surface area contributed by atoms with Crippen molar-refractivity contribution in [3.8, 4) is 0 Å². The van der Waals surface area contributed by atoms with Crippen molar-refractivity contribution in [3.63, 3.8) is 0 Å². The molecule has 24 N–H and O–H groups in total. The number of rotatable bonds is 52. The minimum atomic E-state index is -2.01. The first-order valence-electron chi connectivity index (χ1n) is 44.5. The van der Waals surface area contributed by atoms with Crippen LogP contribution in [-0.2, 0) is 102 Å². The Labute approximate surface area is 765 Å². The molecule has 4 aliphatic heterocycles. The molecule has 18 amide bonds. The van der Waals surface area contributed by atoms with Crippen LogP contribution in [0.3, 0.4) is 0 Å². The lowest BCUT2D eigenvalue weighted by molar-refractivity contribution is -0.151. The first-order valence-corrected chi connectivity index (χ1v) is 45.9. The van der Waals surface area contributed by atoms with Crippen LogP contribution in [0.25, 0.3) is 0 Å². The van der Waals surface area contributed by atoms with Crippen LogP contribution in [0.1, 0.15) is 184 Å². The van der Waals surface area contributed by atoms with Gasteiger partial charge in [0.1, 0.15) is 96.7 Å². The number of hydrogen-bond donors (Lipinski definition) is 20. The number of carbonyl (C=O) groups excluding carboxylic acids is 18. The molecule has 46 heteroatoms. The molecule has 0 bridgehead atoms. The predicted molar refractivity (Wildman–Crippen MR) is 477 cm³/mol. The van der Waals surface area contributed by atoms with Crippen molar-refractivity contribution in [2.24, 2.45) is 51.6 Å². The predicted octanol–water partition coefficient (Wildman–Crippen LogP) is -5.46. The highest BCUT2D eigenvalue weighted by atomic mass is 32.2. The molecule has 730 valence electrons. The maximum atomic E-state index is 14.8. The number of hydrogen-bond acceptors (Lipinski definition) is 24. The summed E-state index contributed by atoms with van der Waals surface area (Å²) in [6.45, 7) is 16.3. The lowest BCUT2D eigenvalue weighted by atomic mass is 10.0. The Kier molecular flexibility index (Phi) is 44.8. The van der Waals surface area contributed by atoms with Gasteiger partial charge in [-0.25, -0.2) is 4.79 Å². The van der Waals surface area contributed by atoms with Crippen LogP contribution in [0, 0.1) is 23.7 Å². The molecule has 0 unspecified atom stereocenters. The maximum Gasteiger partial charge on any atom is 0.326 e. The number of aliphatic hydroxyl groups excluding tert-OH is 1. The van der Waals surface area contributed by atoms with Crippen molar-refractivity contribution in [1.29, 1.82) is 0 Å². The Morgan fingerprint density at radius 2 is 0.870 bits per heavy atom. The third-order valence-corrected chi connectivity index (χ3v) is 23.2. The smallest absolute Gasteiger partial charge is 0.326 e. The van der Waals surface area contributed by atoms with E-state index in [0.717, 1.165) is 0 Å². The molecular weight excluding hydrogens is 1730 g/mol. The highest BCUT2D eigenvalue weighted by Gasteiger charge is 2.48. The number of nitrogens with zero attached hydrogens (tertiary/aromatic N) is 5. The third kappa shape index (κ3) is 34.8. The number of nitrogens with one attached hydrogen (secondary N) is 13. The molecule has 0 spiro atoms. The Morgan fingerprint density at radius 1 is 0.443 bits per heavy atom. The number of amides is 18. The normalized spacial score (nSPS) is 18.9. The summed E-state index contributed by atoms with van der Waals surface area (Å²) in [6.07, 6.45) is 3.14. The van der Waals surface area contributed by atoms with Crippen molar-refractivity contribution in [2.75, 3.05) is 57.9 Å². The Hall–Kier alpha value is -11.8. The van der Waals surface area contributed by atoms with E-state index in [1.807, 2.05) is 20.1 Å². The van der Waals surface area contributed by atoms with Gasteiger partial charge >= 0.3 is 11.9 Å². The zero-order valence-corrected chi connectivity index (χ0v) is 77.5. The number of nitrogens with two attached hydrogens (primary N) is 4. The highest BCUT2D eigenvalue weighted by Crippen LogP contribution is 2.30. The molecule has 0 saturated carbocycles. The molecule has 45 nitrogen and oxygen atoms in total. The van der Waals surface area contributed by atoms with Crippen LogP contribution < -0.4 is 92.1 Å². The number of benzene rings is 1. The molecule has 0 radical (unpaired) electrons. The number of carbonyl (C=O) groups is 20. The molecule has 0 aliphatic carbocycles. The monoisotopic (exact) mass is 1860 g/mol. The number of aliphatic hydroxyl groups is 1. The van der Waals surface area contributed by atoms with Crippen molar-refractivity contribution in [3.05, 3.63) is 35.9 Å². The van der Waals surface area contributed by atoms with Gasteiger partial charge in [0.05, 0.1) is 32.0 Å². The number of likely N-dealkylation sites (tertiary alicyclic amines) is 4. The van der Waals surface area contributed by atoms with E-state index in [4.69, 9.17) is 22.9 Å². The van der Waals surface area contributed by atoms with Gasteiger partial charge < -0.3 is 127 Å². The first-order chi connectivity index (χ1) is 61.7. The van der Waals surface area contributed by atoms with E-state index in [1.165, 1.54) is 54.2 Å². The van der Waals surface area contributed by atoms with Gasteiger partial charge in [0, 0.05) is 39.1 Å². The number of carboxylic acid groups (broad SMARTS) is 2. The van der Waals surface area contributed by atoms with Crippen LogP contribution in [0.2, 0.25) is 0 Å². The van der Waals surface area contributed by atoms with Gasteiger partial charge in [-0.1, -0.05) is 85.7 Å². The average molecular weight is 1870 g/mol. The van der Waals surface area contributed by atoms with Crippen LogP contribution in [0.15, 0.2) is 35.3 Å². The minimum absolute atomic E-state index is 0.0112. The van der Waals surface area contributed by atoms with Crippen molar-refractivity contribution in [2.45, 2.75) is 288 Å². The van der Waals surface area contributed by atoms with Gasteiger partial charge in [0.25, 0.3) is 0 Å². The Balaban J connectivity index is 1.23. The second-order valence-corrected chi connectivity index (χ2v) is 36.1. The van der Waals surface area contributed by atoms with Crippen LogP contribution in [0.5, 0.6) is 0 Å². The van der Waals surface area contributed by atoms with E-state index >= 15 is 0 Å². The van der Waals surface area contributed by atoms with Gasteiger partial charge in [-0.15, -0.1) is 0 Å². The molecule has 131 heavy (non-hydrogen) atoms. The molecular formula is C85H136N22O23S. The van der Waals surface area contributed by atoms with Gasteiger partial charge in [-0.05, 0) is 152 Å². The summed E-state index contributed by atoms with van der Waals surface area (Å²) in [7, 11) is 0. The zero-order valence-electron chi connectivity index (χ0n) is 76.6. The lowest BCUT2D eigenvalue weighted by Gasteiger charge is -2.35. The molecule has 4 fully saturated rings. The largest absolute Gasteiger partial charge is 0.481 e. The van der Waals surface area contributed by atoms with Gasteiger partial charge in [-0.2, -0.15) is 11.8 Å². The summed E-state index contributed by atoms with van der Waals surface area (Å²) in [4.78, 5) is 284. The topological polar surface area (TPSA) is 688 Å². The van der Waals surface area contributed by atoms with E-state index in [0.29, 0.717) is 62.8 Å². The van der Waals surface area contributed by atoms with E-state index < -0.39 is 241 Å². The van der Waals surface area contributed by atoms with E-state index in [1.54, 1.807) is 69.8 Å². The molecule has 0 aromatic heterocycles. The number of aliphatic imine (C=N–C) groups is 1. The SMILES string of the molecule is CSCC[C@H](N)C(=O)N1CCC[C@H]1C(=O)N1CCC[C@H]1C(=O)N1CCC[C@H]1C(=O)N[C@@H](CC(C)C)C(=O)N1CCC[C@H]1C(=O)N[C@@H](C)C(=O)N[C@@H](CCCN=C(N)N)C(=O)N[C@H](C(=O)N[C@@H](CC(=O)O)C(=O)N[C@@H](Cc1ccccc1)C(=O)N[C@@H](CO)C(=O)N[C@@H](CC(C)C)C(=O)N[C@@H](C)C(=O)NCC(=O)N[C@@H](C)C(=O)N[C@@H](CC(C)C)C(=O)N[C@@H](CC(N)=O)C(=O)O)C(C)C. The van der Waals surface area contributed by atoms with Gasteiger partial charge in [0.2, 0.25) is 106 Å². The quantitative estimate of drug-likeness (QED) is 0.0164. The summed E-state index contributed by atoms with van der Waals surface area (Å²) >= 11 is 1.56. The van der Waals surface area contributed by atoms with Crippen LogP contribution in [-0.4, -0.2) is 320 Å². The summed E-state index contributed by atoms with van der Waals surface area (Å²) in [5.41, 5.74) is 23.0. The summed E-state index contributed by atoms with van der Waals surface area (Å²) in [5, 5.41) is 62.2. The molecule has 17 atom stereocenters.